The first-order chi connectivity index (χ1) is 4.42. The van der Waals surface area contributed by atoms with Gasteiger partial charge in [-0.15, -0.1) is 0 Å². The molecule has 0 saturated carbocycles. The van der Waals surface area contributed by atoms with Crippen molar-refractivity contribution in [1.29, 1.82) is 0 Å². The summed E-state index contributed by atoms with van der Waals surface area (Å²) in [6.45, 7) is -0.647. The lowest BCUT2D eigenvalue weighted by molar-refractivity contribution is -0.133. The first-order valence-corrected chi connectivity index (χ1v) is 2.43. The Kier molecular flexibility index (Phi) is 2.98. The molecule has 0 aromatic heterocycles. The molecule has 6 heteroatoms. The number of hydrogen-bond donors (Lipinski definition) is 1. The molecule has 0 unspecified atom stereocenters. The summed E-state index contributed by atoms with van der Waals surface area (Å²) in [4.78, 5) is 9.50. The van der Waals surface area contributed by atoms with E-state index in [1.165, 1.54) is 5.32 Å². The Morgan fingerprint density at radius 3 is 2.20 bits per heavy atom. The van der Waals surface area contributed by atoms with Crippen LogP contribution in [0.5, 0.6) is 0 Å². The largest absolute Gasteiger partial charge is 0.450 e. The number of carbonyl (C=O) groups is 1. The Labute approximate surface area is 54.8 Å². The highest BCUT2D eigenvalue weighted by molar-refractivity contribution is 5.63. The lowest BCUT2D eigenvalue weighted by Crippen LogP contribution is -2.25. The normalized spacial score (nSPS) is 11.1. The maximum atomic E-state index is 11.3. The van der Waals surface area contributed by atoms with E-state index in [1.807, 2.05) is 0 Å². The topological polar surface area (TPSA) is 49.0 Å². The molecule has 0 saturated heterocycles. The summed E-state index contributed by atoms with van der Waals surface area (Å²) in [5, 5.41) is 11.0. The van der Waals surface area contributed by atoms with Crippen LogP contribution >= 0.6 is 0 Å². The van der Waals surface area contributed by atoms with Gasteiger partial charge in [0.2, 0.25) is 0 Å². The van der Waals surface area contributed by atoms with Gasteiger partial charge >= 0.3 is 12.3 Å². The second-order valence-corrected chi connectivity index (χ2v) is 1.58. The van der Waals surface area contributed by atoms with Gasteiger partial charge in [0.25, 0.3) is 0 Å². The zero-order valence-corrected chi connectivity index (χ0v) is 4.86. The summed E-state index contributed by atoms with van der Waals surface area (Å²) >= 11 is 0. The van der Waals surface area contributed by atoms with Crippen LogP contribution < -0.4 is 5.32 Å². The molecule has 10 heavy (non-hydrogen) atoms. The minimum atomic E-state index is -4.32. The van der Waals surface area contributed by atoms with Gasteiger partial charge in [0.1, 0.15) is 0 Å². The summed E-state index contributed by atoms with van der Waals surface area (Å²) in [5.41, 5.74) is 0. The van der Waals surface area contributed by atoms with Gasteiger partial charge in [-0.25, -0.2) is 9.90 Å². The van der Waals surface area contributed by atoms with Crippen molar-refractivity contribution in [2.45, 2.75) is 12.6 Å². The third kappa shape index (κ3) is 7.06. The molecule has 0 spiro atoms. The summed E-state index contributed by atoms with van der Waals surface area (Å²) in [6.07, 6.45) is -7.17. The molecule has 0 aliphatic heterocycles. The van der Waals surface area contributed by atoms with E-state index < -0.39 is 25.2 Å². The number of rotatable bonds is 2. The Morgan fingerprint density at radius 1 is 1.40 bits per heavy atom. The van der Waals surface area contributed by atoms with Crippen molar-refractivity contribution < 1.29 is 23.1 Å². The number of alkyl halides is 3. The van der Waals surface area contributed by atoms with Crippen molar-refractivity contribution in [2.75, 3.05) is 6.54 Å². The molecule has 0 fully saturated rings. The Morgan fingerprint density at radius 2 is 1.90 bits per heavy atom. The van der Waals surface area contributed by atoms with Gasteiger partial charge in [-0.05, 0) is 0 Å². The summed E-state index contributed by atoms with van der Waals surface area (Å²) in [6, 6.07) is 0. The maximum Gasteiger partial charge on any atom is 0.450 e. The van der Waals surface area contributed by atoms with E-state index in [9.17, 15) is 23.1 Å². The van der Waals surface area contributed by atoms with Crippen LogP contribution in [0.3, 0.4) is 0 Å². The number of halogens is 3. The van der Waals surface area contributed by atoms with E-state index in [-0.39, 0.29) is 0 Å². The van der Waals surface area contributed by atoms with Gasteiger partial charge in [-0.1, -0.05) is 0 Å². The lowest BCUT2D eigenvalue weighted by atomic mass is 10.4. The van der Waals surface area contributed by atoms with E-state index in [2.05, 4.69) is 0 Å². The van der Waals surface area contributed by atoms with Crippen LogP contribution in [0.15, 0.2) is 0 Å². The van der Waals surface area contributed by atoms with E-state index in [0.717, 1.165) is 0 Å². The van der Waals surface area contributed by atoms with Gasteiger partial charge in [0.15, 0.2) is 0 Å². The Balaban J connectivity index is 3.29. The van der Waals surface area contributed by atoms with Crippen molar-refractivity contribution >= 4 is 6.09 Å². The molecule has 0 aliphatic rings. The predicted molar refractivity (Wildman–Crippen MR) is 24.8 cm³/mol. The van der Waals surface area contributed by atoms with Gasteiger partial charge in [0.05, 0.1) is 6.42 Å². The number of amides is 1. The van der Waals surface area contributed by atoms with Crippen molar-refractivity contribution in [3.63, 3.8) is 0 Å². The zero-order valence-electron chi connectivity index (χ0n) is 4.86. The minimum Gasteiger partial charge on any atom is -0.318 e. The fourth-order valence-corrected chi connectivity index (χ4v) is 0.306. The molecule has 59 valence electrons. The number of hydrogen-bond acceptors (Lipinski definition) is 1. The molecule has 0 aromatic carbocycles. The molecule has 0 atom stereocenters. The van der Waals surface area contributed by atoms with E-state index in [4.69, 9.17) is 0 Å². The Bertz CT molecular complexity index is 122. The molecule has 1 amide bonds. The van der Waals surface area contributed by atoms with Crippen molar-refractivity contribution in [3.8, 4) is 0 Å². The fourth-order valence-electron chi connectivity index (χ4n) is 0.306. The third-order valence-electron chi connectivity index (χ3n) is 0.678. The summed E-state index contributed by atoms with van der Waals surface area (Å²) < 4.78 is 33.8. The second-order valence-electron chi connectivity index (χ2n) is 1.58. The van der Waals surface area contributed by atoms with Crippen LogP contribution in [-0.2, 0) is 5.11 Å². The lowest BCUT2D eigenvalue weighted by Gasteiger charge is -2.03. The number of nitrogens with one attached hydrogen (secondary N) is 1. The first-order valence-electron chi connectivity index (χ1n) is 2.43. The molecule has 1 radical (unpaired) electrons. The van der Waals surface area contributed by atoms with Crippen LogP contribution in [0.4, 0.5) is 18.0 Å². The van der Waals surface area contributed by atoms with Crippen molar-refractivity contribution in [2.24, 2.45) is 0 Å². The van der Waals surface area contributed by atoms with Gasteiger partial charge in [-0.2, -0.15) is 13.2 Å². The predicted octanol–water partition coefficient (Wildman–Crippen LogP) is 1.08. The van der Waals surface area contributed by atoms with Crippen molar-refractivity contribution in [1.82, 2.24) is 5.32 Å². The monoisotopic (exact) mass is 156 g/mol. The average Bonchev–Trinajstić information content (AvgIpc) is 1.59. The number of carbonyl (C=O) groups excluding carboxylic acids is 1. The molecule has 0 heterocycles. The molecule has 0 aromatic rings. The van der Waals surface area contributed by atoms with E-state index in [1.54, 1.807) is 0 Å². The Hall–Kier alpha value is -0.940. The van der Waals surface area contributed by atoms with Gasteiger partial charge in [-0.3, -0.25) is 0 Å². The highest BCUT2D eigenvalue weighted by Gasteiger charge is 2.26. The summed E-state index contributed by atoms with van der Waals surface area (Å²) in [7, 11) is 0. The van der Waals surface area contributed by atoms with Crippen LogP contribution in [-0.4, -0.2) is 18.8 Å². The molecule has 0 bridgehead atoms. The molecular weight excluding hydrogens is 151 g/mol. The molecule has 1 N–H and O–H groups in total. The van der Waals surface area contributed by atoms with Gasteiger partial charge in [0, 0.05) is 6.54 Å². The molecule has 0 aliphatic carbocycles. The highest BCUT2D eigenvalue weighted by atomic mass is 19.4. The SMILES string of the molecule is [O]C(=O)NCCC(F)(F)F. The quantitative estimate of drug-likeness (QED) is 0.638. The average molecular weight is 156 g/mol. The smallest absolute Gasteiger partial charge is 0.318 e. The van der Waals surface area contributed by atoms with E-state index in [0.29, 0.717) is 0 Å². The maximum absolute atomic E-state index is 11.3. The van der Waals surface area contributed by atoms with Gasteiger partial charge < -0.3 is 5.32 Å². The van der Waals surface area contributed by atoms with Crippen LogP contribution in [0.1, 0.15) is 6.42 Å². The minimum absolute atomic E-state index is 0.647. The van der Waals surface area contributed by atoms with E-state index >= 15 is 0 Å². The molecular formula is C4H5F3NO2. The standard InChI is InChI=1S/C4H5F3NO2/c5-4(6,7)1-2-8-3(9)10/h8H,1-2H2. The third-order valence-corrected chi connectivity index (χ3v) is 0.678. The molecule has 3 nitrogen and oxygen atoms in total. The zero-order chi connectivity index (χ0) is 8.20. The van der Waals surface area contributed by atoms with Crippen LogP contribution in [0, 0.1) is 0 Å². The fraction of sp³-hybridized carbons (Fsp3) is 0.750. The van der Waals surface area contributed by atoms with Crippen molar-refractivity contribution in [3.05, 3.63) is 0 Å². The molecule has 0 rings (SSSR count). The second kappa shape index (κ2) is 3.28. The van der Waals surface area contributed by atoms with Crippen LogP contribution in [0.25, 0.3) is 0 Å². The first kappa shape index (κ1) is 9.06. The van der Waals surface area contributed by atoms with Crippen LogP contribution in [0.2, 0.25) is 0 Å². The highest BCUT2D eigenvalue weighted by Crippen LogP contribution is 2.17. The summed E-state index contributed by atoms with van der Waals surface area (Å²) in [5.74, 6) is 0.